The zero-order chi connectivity index (χ0) is 21.8. The van der Waals surface area contributed by atoms with Crippen molar-refractivity contribution in [2.24, 2.45) is 0 Å². The van der Waals surface area contributed by atoms with Gasteiger partial charge in [-0.25, -0.2) is 4.98 Å². The molecule has 0 spiro atoms. The molecule has 2 aromatic heterocycles. The third-order valence-corrected chi connectivity index (χ3v) is 5.72. The number of hydrogen-bond acceptors (Lipinski definition) is 7. The number of fused-ring (bicyclic) bond motifs is 1. The highest BCUT2D eigenvalue weighted by Crippen LogP contribution is 2.29. The largest absolute Gasteiger partial charge is 0.379 e. The number of aromatic nitrogens is 2. The molecule has 2 aromatic rings. The summed E-state index contributed by atoms with van der Waals surface area (Å²) in [6, 6.07) is 7.30. The Kier molecular flexibility index (Phi) is 6.15. The summed E-state index contributed by atoms with van der Waals surface area (Å²) >= 11 is 0. The minimum Gasteiger partial charge on any atom is -0.379 e. The van der Waals surface area contributed by atoms with Crippen LogP contribution < -0.4 is 15.5 Å². The molecule has 9 nitrogen and oxygen atoms in total. The van der Waals surface area contributed by atoms with Crippen molar-refractivity contribution in [2.45, 2.75) is 25.9 Å². The van der Waals surface area contributed by atoms with Crippen molar-refractivity contribution in [1.29, 1.82) is 0 Å². The number of ether oxygens (including phenoxy) is 1. The van der Waals surface area contributed by atoms with Crippen LogP contribution in [0, 0.1) is 0 Å². The van der Waals surface area contributed by atoms with E-state index in [0.717, 1.165) is 18.8 Å². The van der Waals surface area contributed by atoms with E-state index in [1.807, 2.05) is 18.2 Å². The normalized spacial score (nSPS) is 17.1. The fourth-order valence-electron chi connectivity index (χ4n) is 3.81. The van der Waals surface area contributed by atoms with Crippen LogP contribution in [0.15, 0.2) is 36.7 Å². The number of nitrogens with zero attached hydrogens (tertiary/aromatic N) is 4. The molecule has 1 saturated heterocycles. The summed E-state index contributed by atoms with van der Waals surface area (Å²) in [4.78, 5) is 38.1. The second kappa shape index (κ2) is 8.99. The first kappa shape index (κ1) is 21.2. The number of hydrogen-bond donors (Lipinski definition) is 2. The minimum absolute atomic E-state index is 0.0917. The molecule has 2 amide bonds. The number of pyridine rings is 2. The van der Waals surface area contributed by atoms with E-state index >= 15 is 0 Å². The van der Waals surface area contributed by atoms with Gasteiger partial charge in [0.1, 0.15) is 0 Å². The third kappa shape index (κ3) is 4.83. The summed E-state index contributed by atoms with van der Waals surface area (Å²) in [6.07, 6.45) is 3.24. The van der Waals surface area contributed by atoms with Crippen molar-refractivity contribution >= 4 is 23.3 Å². The Balaban J connectivity index is 1.48. The van der Waals surface area contributed by atoms with Crippen molar-refractivity contribution in [3.8, 4) is 0 Å². The maximum absolute atomic E-state index is 12.9. The number of carbonyl (C=O) groups is 2. The summed E-state index contributed by atoms with van der Waals surface area (Å²) in [5.74, 6) is 0.277. The van der Waals surface area contributed by atoms with E-state index in [1.165, 1.54) is 6.20 Å². The molecule has 0 radical (unpaired) electrons. The van der Waals surface area contributed by atoms with Crippen LogP contribution in [0.4, 0.5) is 11.5 Å². The van der Waals surface area contributed by atoms with E-state index in [1.54, 1.807) is 17.2 Å². The van der Waals surface area contributed by atoms with Crippen molar-refractivity contribution < 1.29 is 14.3 Å². The van der Waals surface area contributed by atoms with Crippen molar-refractivity contribution in [3.63, 3.8) is 0 Å². The highest BCUT2D eigenvalue weighted by atomic mass is 16.5. The lowest BCUT2D eigenvalue weighted by atomic mass is 10.0. The predicted octanol–water partition coefficient (Wildman–Crippen LogP) is 1.28. The number of anilines is 2. The predicted molar refractivity (Wildman–Crippen MR) is 117 cm³/mol. The van der Waals surface area contributed by atoms with Crippen molar-refractivity contribution in [2.75, 3.05) is 49.6 Å². The lowest BCUT2D eigenvalue weighted by Gasteiger charge is -2.40. The second-order valence-electron chi connectivity index (χ2n) is 8.34. The molecule has 0 aliphatic carbocycles. The lowest BCUT2D eigenvalue weighted by molar-refractivity contribution is -0.117. The molecule has 31 heavy (non-hydrogen) atoms. The van der Waals surface area contributed by atoms with Crippen LogP contribution in [0.25, 0.3) is 0 Å². The van der Waals surface area contributed by atoms with Gasteiger partial charge in [-0.05, 0) is 32.0 Å². The fraction of sp³-hybridized carbons (Fsp3) is 0.455. The van der Waals surface area contributed by atoms with Gasteiger partial charge in [0.15, 0.2) is 5.82 Å². The Bertz CT molecular complexity index is 944. The van der Waals surface area contributed by atoms with Gasteiger partial charge >= 0.3 is 0 Å². The van der Waals surface area contributed by atoms with Crippen LogP contribution in [0.5, 0.6) is 0 Å². The average molecular weight is 425 g/mol. The fourth-order valence-corrected chi connectivity index (χ4v) is 3.81. The van der Waals surface area contributed by atoms with E-state index in [-0.39, 0.29) is 23.9 Å². The van der Waals surface area contributed by atoms with E-state index in [2.05, 4.69) is 39.3 Å². The standard InChI is InChI=1S/C22H28N6O3/c1-22(2,27-7-9-31-10-8-27)15-26-21(30)16-11-18-20(24-12-16)25-13-19(29)28(18)14-17-5-3-4-6-23-17/h3-6,11-12H,7-10,13-15H2,1-2H3,(H,24,25)(H,26,30). The number of carbonyl (C=O) groups excluding carboxylic acids is 2. The topological polar surface area (TPSA) is 99.7 Å². The summed E-state index contributed by atoms with van der Waals surface area (Å²) in [6.45, 7) is 8.31. The summed E-state index contributed by atoms with van der Waals surface area (Å²) in [5.41, 5.74) is 1.58. The monoisotopic (exact) mass is 424 g/mol. The van der Waals surface area contributed by atoms with Crippen molar-refractivity contribution in [1.82, 2.24) is 20.2 Å². The third-order valence-electron chi connectivity index (χ3n) is 5.72. The van der Waals surface area contributed by atoms with Crippen LogP contribution in [0.2, 0.25) is 0 Å². The molecular weight excluding hydrogens is 396 g/mol. The molecular formula is C22H28N6O3. The minimum atomic E-state index is -0.215. The molecule has 4 rings (SSSR count). The van der Waals surface area contributed by atoms with Gasteiger partial charge in [0, 0.05) is 37.6 Å². The SMILES string of the molecule is CC(C)(CNC(=O)c1cnc2c(c1)N(Cc1ccccn1)C(=O)CN2)N1CCOCC1. The zero-order valence-electron chi connectivity index (χ0n) is 17.9. The Morgan fingerprint density at radius 2 is 2.06 bits per heavy atom. The Hall–Kier alpha value is -3.04. The first-order chi connectivity index (χ1) is 14.9. The van der Waals surface area contributed by atoms with Crippen LogP contribution in [-0.4, -0.2) is 71.6 Å². The molecule has 0 atom stereocenters. The molecule has 0 saturated carbocycles. The average Bonchev–Trinajstić information content (AvgIpc) is 2.80. The molecule has 4 heterocycles. The molecule has 0 unspecified atom stereocenters. The quantitative estimate of drug-likeness (QED) is 0.721. The highest BCUT2D eigenvalue weighted by molar-refractivity contribution is 6.04. The number of nitrogens with one attached hydrogen (secondary N) is 2. The second-order valence-corrected chi connectivity index (χ2v) is 8.34. The van der Waals surface area contributed by atoms with Crippen LogP contribution in [0.3, 0.4) is 0 Å². The molecule has 2 aliphatic rings. The van der Waals surface area contributed by atoms with E-state index < -0.39 is 0 Å². The number of morpholine rings is 1. The Morgan fingerprint density at radius 1 is 1.26 bits per heavy atom. The summed E-state index contributed by atoms with van der Waals surface area (Å²) < 4.78 is 5.42. The Morgan fingerprint density at radius 3 is 2.81 bits per heavy atom. The smallest absolute Gasteiger partial charge is 0.252 e. The van der Waals surface area contributed by atoms with Gasteiger partial charge in [0.2, 0.25) is 5.91 Å². The molecule has 2 N–H and O–H groups in total. The van der Waals surface area contributed by atoms with Gasteiger partial charge in [-0.15, -0.1) is 0 Å². The first-order valence-corrected chi connectivity index (χ1v) is 10.5. The molecule has 9 heteroatoms. The number of amides is 2. The van der Waals surface area contributed by atoms with Gasteiger partial charge in [-0.2, -0.15) is 0 Å². The summed E-state index contributed by atoms with van der Waals surface area (Å²) in [5, 5.41) is 6.04. The van der Waals surface area contributed by atoms with Crippen LogP contribution in [0.1, 0.15) is 29.9 Å². The van der Waals surface area contributed by atoms with E-state index in [9.17, 15) is 9.59 Å². The first-order valence-electron chi connectivity index (χ1n) is 10.5. The van der Waals surface area contributed by atoms with Gasteiger partial charge < -0.3 is 20.3 Å². The molecule has 0 aromatic carbocycles. The Labute approximate surface area is 181 Å². The highest BCUT2D eigenvalue weighted by Gasteiger charge is 2.30. The maximum atomic E-state index is 12.9. The van der Waals surface area contributed by atoms with Gasteiger partial charge in [0.25, 0.3) is 5.91 Å². The summed E-state index contributed by atoms with van der Waals surface area (Å²) in [7, 11) is 0. The molecule has 2 aliphatic heterocycles. The van der Waals surface area contributed by atoms with E-state index in [4.69, 9.17) is 4.74 Å². The van der Waals surface area contributed by atoms with Crippen LogP contribution >= 0.6 is 0 Å². The van der Waals surface area contributed by atoms with Gasteiger partial charge in [-0.1, -0.05) is 6.07 Å². The van der Waals surface area contributed by atoms with Crippen LogP contribution in [-0.2, 0) is 16.1 Å². The van der Waals surface area contributed by atoms with E-state index in [0.29, 0.717) is 43.4 Å². The molecule has 1 fully saturated rings. The van der Waals surface area contributed by atoms with Crippen molar-refractivity contribution in [3.05, 3.63) is 47.9 Å². The zero-order valence-corrected chi connectivity index (χ0v) is 17.9. The maximum Gasteiger partial charge on any atom is 0.252 e. The van der Waals surface area contributed by atoms with Gasteiger partial charge in [0.05, 0.1) is 43.2 Å². The molecule has 164 valence electrons. The van der Waals surface area contributed by atoms with Gasteiger partial charge in [-0.3, -0.25) is 19.5 Å². The molecule has 0 bridgehead atoms. The lowest BCUT2D eigenvalue weighted by Crippen LogP contribution is -2.55. The number of rotatable bonds is 6.